The zero-order valence-corrected chi connectivity index (χ0v) is 30.9. The topological polar surface area (TPSA) is 111 Å². The third-order valence-corrected chi connectivity index (χ3v) is 6.94. The van der Waals surface area contributed by atoms with E-state index in [1.54, 1.807) is 0 Å². The van der Waals surface area contributed by atoms with Crippen molar-refractivity contribution in [1.82, 2.24) is 0 Å². The van der Waals surface area contributed by atoms with E-state index in [0.717, 1.165) is 13.0 Å². The van der Waals surface area contributed by atoms with Gasteiger partial charge in [0, 0.05) is 13.2 Å². The fourth-order valence-electron chi connectivity index (χ4n) is 4.25. The van der Waals surface area contributed by atoms with Crippen LogP contribution in [0, 0.1) is 0 Å². The number of rotatable bonds is 45. The van der Waals surface area contributed by atoms with Gasteiger partial charge in [0.1, 0.15) is 0 Å². The molecular formula is C36H74O12. The summed E-state index contributed by atoms with van der Waals surface area (Å²) in [6.07, 6.45) is 13.4. The van der Waals surface area contributed by atoms with Gasteiger partial charge in [0.2, 0.25) is 0 Å². The molecule has 0 spiro atoms. The van der Waals surface area contributed by atoms with Gasteiger partial charge in [0.25, 0.3) is 0 Å². The van der Waals surface area contributed by atoms with Crippen molar-refractivity contribution in [3.63, 3.8) is 0 Å². The summed E-state index contributed by atoms with van der Waals surface area (Å²) in [5.41, 5.74) is 0. The zero-order chi connectivity index (χ0) is 34.5. The summed E-state index contributed by atoms with van der Waals surface area (Å²) in [4.78, 5) is 0. The predicted octanol–water partition coefficient (Wildman–Crippen LogP) is 5.13. The summed E-state index contributed by atoms with van der Waals surface area (Å²) in [6, 6.07) is 0. The Kier molecular flexibility index (Phi) is 46.1. The highest BCUT2D eigenvalue weighted by Gasteiger charge is 1.97. The van der Waals surface area contributed by atoms with E-state index in [1.165, 1.54) is 57.8 Å². The van der Waals surface area contributed by atoms with Gasteiger partial charge < -0.3 is 56.8 Å². The van der Waals surface area contributed by atoms with Crippen LogP contribution in [-0.2, 0) is 56.8 Å². The van der Waals surface area contributed by atoms with Crippen LogP contribution in [0.4, 0.5) is 0 Å². The SMILES string of the molecule is CCCCCCCCCCCCOCCOCCOCCOCCOCCOCCOCCOCCOCCOCCOCCOCC. The first-order valence-electron chi connectivity index (χ1n) is 18.8. The van der Waals surface area contributed by atoms with Crippen molar-refractivity contribution in [3.05, 3.63) is 0 Å². The summed E-state index contributed by atoms with van der Waals surface area (Å²) in [6.45, 7) is 17.9. The monoisotopic (exact) mass is 699 g/mol. The van der Waals surface area contributed by atoms with Crippen molar-refractivity contribution in [2.75, 3.05) is 159 Å². The van der Waals surface area contributed by atoms with Gasteiger partial charge >= 0.3 is 0 Å². The van der Waals surface area contributed by atoms with Crippen molar-refractivity contribution in [1.29, 1.82) is 0 Å². The summed E-state index contributed by atoms with van der Waals surface area (Å²) in [5.74, 6) is 0. The van der Waals surface area contributed by atoms with Crippen LogP contribution in [-0.4, -0.2) is 159 Å². The van der Waals surface area contributed by atoms with Gasteiger partial charge in [-0.1, -0.05) is 64.7 Å². The fraction of sp³-hybridized carbons (Fsp3) is 1.00. The van der Waals surface area contributed by atoms with Crippen LogP contribution in [0.1, 0.15) is 78.1 Å². The molecule has 0 aromatic rings. The highest BCUT2D eigenvalue weighted by atomic mass is 16.6. The molecule has 0 rings (SSSR count). The van der Waals surface area contributed by atoms with Crippen molar-refractivity contribution < 1.29 is 56.8 Å². The van der Waals surface area contributed by atoms with Crippen LogP contribution >= 0.6 is 0 Å². The zero-order valence-electron chi connectivity index (χ0n) is 30.9. The molecule has 0 heterocycles. The second-order valence-electron chi connectivity index (χ2n) is 11.1. The molecule has 0 saturated carbocycles. The van der Waals surface area contributed by atoms with Crippen molar-refractivity contribution in [3.8, 4) is 0 Å². The first-order valence-corrected chi connectivity index (χ1v) is 18.8. The van der Waals surface area contributed by atoms with Crippen LogP contribution < -0.4 is 0 Å². The third-order valence-electron chi connectivity index (χ3n) is 6.94. The molecule has 0 amide bonds. The van der Waals surface area contributed by atoms with Gasteiger partial charge in [-0.2, -0.15) is 0 Å². The smallest absolute Gasteiger partial charge is 0.0701 e. The molecule has 0 radical (unpaired) electrons. The number of unbranched alkanes of at least 4 members (excludes halogenated alkanes) is 9. The largest absolute Gasteiger partial charge is 0.379 e. The molecule has 0 aliphatic carbocycles. The Bertz CT molecular complexity index is 501. The Hall–Kier alpha value is -0.480. The molecule has 0 aliphatic rings. The number of hydrogen-bond donors (Lipinski definition) is 0. The van der Waals surface area contributed by atoms with Crippen LogP contribution in [0.5, 0.6) is 0 Å². The van der Waals surface area contributed by atoms with E-state index in [4.69, 9.17) is 56.8 Å². The Morgan fingerprint density at radius 2 is 0.375 bits per heavy atom. The summed E-state index contributed by atoms with van der Waals surface area (Å²) >= 11 is 0. The van der Waals surface area contributed by atoms with Crippen molar-refractivity contribution >= 4 is 0 Å². The molecule has 0 aromatic heterocycles. The van der Waals surface area contributed by atoms with Crippen LogP contribution in [0.15, 0.2) is 0 Å². The van der Waals surface area contributed by atoms with Crippen LogP contribution in [0.2, 0.25) is 0 Å². The first kappa shape index (κ1) is 47.5. The van der Waals surface area contributed by atoms with Gasteiger partial charge in [0.15, 0.2) is 0 Å². The average molecular weight is 699 g/mol. The van der Waals surface area contributed by atoms with Crippen molar-refractivity contribution in [2.24, 2.45) is 0 Å². The van der Waals surface area contributed by atoms with E-state index < -0.39 is 0 Å². The summed E-state index contributed by atoms with van der Waals surface area (Å²) in [7, 11) is 0. The quantitative estimate of drug-likeness (QED) is 0.0787. The lowest BCUT2D eigenvalue weighted by Gasteiger charge is -2.09. The molecule has 0 unspecified atom stereocenters. The molecule has 0 N–H and O–H groups in total. The minimum Gasteiger partial charge on any atom is -0.379 e. The Labute approximate surface area is 293 Å². The normalized spacial score (nSPS) is 11.6. The molecule has 12 nitrogen and oxygen atoms in total. The van der Waals surface area contributed by atoms with E-state index in [0.29, 0.717) is 152 Å². The molecule has 0 saturated heterocycles. The minimum atomic E-state index is 0.522. The maximum Gasteiger partial charge on any atom is 0.0701 e. The third kappa shape index (κ3) is 45.5. The number of hydrogen-bond acceptors (Lipinski definition) is 12. The first-order chi connectivity index (χ1) is 23.9. The molecular weight excluding hydrogens is 624 g/mol. The Morgan fingerprint density at radius 1 is 0.188 bits per heavy atom. The van der Waals surface area contributed by atoms with Crippen LogP contribution in [0.25, 0.3) is 0 Å². The second kappa shape index (κ2) is 46.5. The predicted molar refractivity (Wildman–Crippen MR) is 187 cm³/mol. The molecule has 290 valence electrons. The summed E-state index contributed by atoms with van der Waals surface area (Å²) < 4.78 is 65.6. The van der Waals surface area contributed by atoms with Crippen molar-refractivity contribution in [2.45, 2.75) is 78.1 Å². The Morgan fingerprint density at radius 3 is 0.604 bits per heavy atom. The minimum absolute atomic E-state index is 0.522. The van der Waals surface area contributed by atoms with Gasteiger partial charge in [-0.15, -0.1) is 0 Å². The molecule has 0 atom stereocenters. The molecule has 12 heteroatoms. The lowest BCUT2D eigenvalue weighted by molar-refractivity contribution is -0.0282. The van der Waals surface area contributed by atoms with E-state index in [9.17, 15) is 0 Å². The average Bonchev–Trinajstić information content (AvgIpc) is 3.10. The van der Waals surface area contributed by atoms with Gasteiger partial charge in [-0.05, 0) is 13.3 Å². The molecule has 0 fully saturated rings. The molecule has 0 bridgehead atoms. The highest BCUT2D eigenvalue weighted by molar-refractivity contribution is 4.47. The van der Waals surface area contributed by atoms with Gasteiger partial charge in [-0.25, -0.2) is 0 Å². The van der Waals surface area contributed by atoms with E-state index >= 15 is 0 Å². The lowest BCUT2D eigenvalue weighted by Crippen LogP contribution is -2.15. The molecule has 0 aliphatic heterocycles. The maximum absolute atomic E-state index is 5.65. The number of ether oxygens (including phenoxy) is 12. The lowest BCUT2D eigenvalue weighted by atomic mass is 10.1. The van der Waals surface area contributed by atoms with E-state index in [2.05, 4.69) is 6.92 Å². The Balaban J connectivity index is 3.04. The van der Waals surface area contributed by atoms with E-state index in [1.807, 2.05) is 6.92 Å². The van der Waals surface area contributed by atoms with Crippen LogP contribution in [0.3, 0.4) is 0 Å². The van der Waals surface area contributed by atoms with Gasteiger partial charge in [0.05, 0.1) is 145 Å². The highest BCUT2D eigenvalue weighted by Crippen LogP contribution is 2.10. The fourth-order valence-corrected chi connectivity index (χ4v) is 4.25. The summed E-state index contributed by atoms with van der Waals surface area (Å²) in [5, 5.41) is 0. The molecule has 48 heavy (non-hydrogen) atoms. The van der Waals surface area contributed by atoms with Gasteiger partial charge in [-0.3, -0.25) is 0 Å². The second-order valence-corrected chi connectivity index (χ2v) is 11.1. The molecule has 0 aromatic carbocycles. The standard InChI is InChI=1S/C36H74O12/c1-3-5-6-7-8-9-10-11-12-13-14-38-17-18-40-21-22-42-25-26-44-29-30-46-33-34-48-36-35-47-32-31-45-28-27-43-24-23-41-20-19-39-16-15-37-4-2/h3-36H2,1-2H3. The van der Waals surface area contributed by atoms with E-state index in [-0.39, 0.29) is 0 Å². The maximum atomic E-state index is 5.65.